The van der Waals surface area contributed by atoms with Crippen molar-refractivity contribution in [3.05, 3.63) is 59.7 Å². The van der Waals surface area contributed by atoms with Crippen molar-refractivity contribution in [2.45, 2.75) is 37.4 Å². The normalized spacial score (nSPS) is 28.9. The zero-order chi connectivity index (χ0) is 20.2. The number of hydrogen-bond acceptors (Lipinski definition) is 4. The predicted octanol–water partition coefficient (Wildman–Crippen LogP) is 3.55. The number of nitrogens with one attached hydrogen (secondary N) is 1. The Kier molecular flexibility index (Phi) is 3.96. The molecule has 1 saturated carbocycles. The van der Waals surface area contributed by atoms with Crippen molar-refractivity contribution in [1.82, 2.24) is 5.32 Å². The molecule has 1 unspecified atom stereocenters. The number of alkyl carbamates (subject to hydrolysis) is 1. The van der Waals surface area contributed by atoms with Gasteiger partial charge >= 0.3 is 12.1 Å². The summed E-state index contributed by atoms with van der Waals surface area (Å²) < 4.78 is 11.4. The number of carboxylic acid groups (broad SMARTS) is 1. The summed E-state index contributed by atoms with van der Waals surface area (Å²) >= 11 is 0. The van der Waals surface area contributed by atoms with Crippen LogP contribution in [0, 0.1) is 5.41 Å². The third kappa shape index (κ3) is 2.66. The first-order valence-corrected chi connectivity index (χ1v) is 9.94. The summed E-state index contributed by atoms with van der Waals surface area (Å²) in [5.41, 5.74) is 3.32. The molecule has 1 atom stereocenters. The molecule has 2 saturated heterocycles. The monoisotopic (exact) mass is 393 g/mol. The molecular formula is C23H23NO5. The smallest absolute Gasteiger partial charge is 0.407 e. The Labute approximate surface area is 168 Å². The summed E-state index contributed by atoms with van der Waals surface area (Å²) in [6.45, 7) is 2.31. The van der Waals surface area contributed by atoms with Crippen LogP contribution in [0.5, 0.6) is 0 Å². The average molecular weight is 393 g/mol. The van der Waals surface area contributed by atoms with Gasteiger partial charge in [-0.25, -0.2) is 4.79 Å². The number of carbonyl (C=O) groups is 2. The van der Waals surface area contributed by atoms with E-state index in [4.69, 9.17) is 9.47 Å². The van der Waals surface area contributed by atoms with E-state index in [1.165, 1.54) is 22.3 Å². The molecule has 2 N–H and O–H groups in total. The molecule has 29 heavy (non-hydrogen) atoms. The fourth-order valence-electron chi connectivity index (χ4n) is 5.33. The Bertz CT molecular complexity index is 949. The third-order valence-electron chi connectivity index (χ3n) is 6.80. The van der Waals surface area contributed by atoms with E-state index in [2.05, 4.69) is 29.6 Å². The van der Waals surface area contributed by atoms with Crippen LogP contribution in [-0.2, 0) is 14.3 Å². The zero-order valence-electron chi connectivity index (χ0n) is 16.2. The molecule has 0 aromatic heterocycles. The van der Waals surface area contributed by atoms with E-state index >= 15 is 0 Å². The molecule has 2 heterocycles. The Hall–Kier alpha value is -2.86. The largest absolute Gasteiger partial charge is 0.481 e. The molecule has 6 rings (SSSR count). The van der Waals surface area contributed by atoms with Gasteiger partial charge in [-0.1, -0.05) is 48.5 Å². The highest BCUT2D eigenvalue weighted by Crippen LogP contribution is 2.61. The van der Waals surface area contributed by atoms with Gasteiger partial charge in [0.1, 0.15) is 6.61 Å². The number of rotatable bonds is 5. The van der Waals surface area contributed by atoms with Gasteiger partial charge in [-0.2, -0.15) is 0 Å². The first-order valence-electron chi connectivity index (χ1n) is 9.94. The highest BCUT2D eigenvalue weighted by atomic mass is 16.6. The molecule has 0 spiro atoms. The fourth-order valence-corrected chi connectivity index (χ4v) is 5.33. The average Bonchev–Trinajstić information content (AvgIpc) is 3.27. The number of carbonyl (C=O) groups excluding carboxylic acids is 1. The van der Waals surface area contributed by atoms with Crippen LogP contribution in [0.1, 0.15) is 36.8 Å². The minimum absolute atomic E-state index is 0.0115. The van der Waals surface area contributed by atoms with Crippen LogP contribution in [0.2, 0.25) is 0 Å². The van der Waals surface area contributed by atoms with Gasteiger partial charge in [0.15, 0.2) is 0 Å². The van der Waals surface area contributed by atoms with Crippen molar-refractivity contribution in [2.75, 3.05) is 13.2 Å². The molecule has 2 aromatic rings. The van der Waals surface area contributed by atoms with Gasteiger partial charge in [-0.15, -0.1) is 0 Å². The van der Waals surface area contributed by atoms with E-state index in [-0.39, 0.29) is 25.2 Å². The molecule has 0 radical (unpaired) electrons. The number of ether oxygens (including phenoxy) is 2. The fraction of sp³-hybridized carbons (Fsp3) is 0.391. The molecular weight excluding hydrogens is 370 g/mol. The number of benzene rings is 2. The van der Waals surface area contributed by atoms with E-state index < -0.39 is 23.1 Å². The van der Waals surface area contributed by atoms with Gasteiger partial charge in [0.2, 0.25) is 0 Å². The molecule has 1 amide bonds. The second-order valence-electron chi connectivity index (χ2n) is 8.44. The van der Waals surface area contributed by atoms with Crippen LogP contribution in [-0.4, -0.2) is 42.0 Å². The molecule has 2 aromatic carbocycles. The summed E-state index contributed by atoms with van der Waals surface area (Å²) in [4.78, 5) is 23.8. The quantitative estimate of drug-likeness (QED) is 0.812. The molecule has 150 valence electrons. The van der Waals surface area contributed by atoms with E-state index in [9.17, 15) is 14.7 Å². The molecule has 3 fully saturated rings. The number of carboxylic acids is 1. The first kappa shape index (κ1) is 18.2. The van der Waals surface area contributed by atoms with Crippen LogP contribution >= 0.6 is 0 Å². The zero-order valence-corrected chi connectivity index (χ0v) is 16.2. The molecule has 2 aliphatic heterocycles. The van der Waals surface area contributed by atoms with Crippen LogP contribution in [0.3, 0.4) is 0 Å². The van der Waals surface area contributed by atoms with Gasteiger partial charge in [0.05, 0.1) is 23.7 Å². The van der Waals surface area contributed by atoms with Crippen LogP contribution in [0.4, 0.5) is 4.79 Å². The van der Waals surface area contributed by atoms with Gasteiger partial charge in [0.25, 0.3) is 0 Å². The van der Waals surface area contributed by atoms with Gasteiger partial charge in [-0.05, 0) is 42.0 Å². The van der Waals surface area contributed by atoms with Gasteiger partial charge in [0, 0.05) is 5.92 Å². The molecule has 6 nitrogen and oxygen atoms in total. The van der Waals surface area contributed by atoms with Gasteiger partial charge < -0.3 is 19.9 Å². The SMILES string of the molecule is CC1OC2(CNC(=O)OCC3c4ccccc4-c4ccccc43)CC1(C(=O)O)C2. The minimum atomic E-state index is -0.820. The van der Waals surface area contributed by atoms with Crippen molar-refractivity contribution < 1.29 is 24.2 Å². The lowest BCUT2D eigenvalue weighted by Crippen LogP contribution is -2.55. The number of hydrogen-bond donors (Lipinski definition) is 2. The number of aliphatic carboxylic acids is 1. The van der Waals surface area contributed by atoms with E-state index in [1.54, 1.807) is 6.92 Å². The predicted molar refractivity (Wildman–Crippen MR) is 106 cm³/mol. The topological polar surface area (TPSA) is 84.9 Å². The lowest BCUT2D eigenvalue weighted by molar-refractivity contribution is -0.154. The van der Waals surface area contributed by atoms with Gasteiger partial charge in [-0.3, -0.25) is 4.79 Å². The van der Waals surface area contributed by atoms with Crippen molar-refractivity contribution in [3.63, 3.8) is 0 Å². The molecule has 6 heteroatoms. The highest BCUT2D eigenvalue weighted by molar-refractivity contribution is 5.79. The van der Waals surface area contributed by atoms with Crippen molar-refractivity contribution in [2.24, 2.45) is 5.41 Å². The lowest BCUT2D eigenvalue weighted by atomic mass is 9.60. The summed E-state index contributed by atoms with van der Waals surface area (Å²) in [6.07, 6.45) is 0.0156. The Morgan fingerprint density at radius 1 is 1.10 bits per heavy atom. The summed E-state index contributed by atoms with van der Waals surface area (Å²) in [5.74, 6) is -0.809. The standard InChI is InChI=1S/C23H23NO5/c1-14-23(20(25)26)11-22(12-23,29-14)13-24-21(27)28-10-19-17-8-4-2-6-15(17)16-7-3-5-9-18(16)19/h2-9,14,19H,10-13H2,1H3,(H,24,27)(H,25,26). The van der Waals surface area contributed by atoms with Crippen molar-refractivity contribution in [3.8, 4) is 11.1 Å². The second-order valence-corrected chi connectivity index (χ2v) is 8.44. The summed E-state index contributed by atoms with van der Waals surface area (Å²) in [5, 5.41) is 12.2. The van der Waals surface area contributed by atoms with Crippen molar-refractivity contribution in [1.29, 1.82) is 0 Å². The Morgan fingerprint density at radius 3 is 2.24 bits per heavy atom. The second kappa shape index (κ2) is 6.32. The maximum atomic E-state index is 12.3. The van der Waals surface area contributed by atoms with Crippen molar-refractivity contribution >= 4 is 12.1 Å². The Morgan fingerprint density at radius 2 is 1.69 bits per heavy atom. The van der Waals surface area contributed by atoms with E-state index in [0.29, 0.717) is 12.8 Å². The summed E-state index contributed by atoms with van der Waals surface area (Å²) in [6, 6.07) is 16.4. The minimum Gasteiger partial charge on any atom is -0.481 e. The van der Waals surface area contributed by atoms with Crippen LogP contribution in [0.25, 0.3) is 11.1 Å². The first-order chi connectivity index (χ1) is 13.9. The van der Waals surface area contributed by atoms with Crippen LogP contribution < -0.4 is 5.32 Å². The molecule has 2 bridgehead atoms. The van der Waals surface area contributed by atoms with E-state index in [0.717, 1.165) is 0 Å². The molecule has 2 aliphatic carbocycles. The van der Waals surface area contributed by atoms with Crippen LogP contribution in [0.15, 0.2) is 48.5 Å². The number of amides is 1. The Balaban J connectivity index is 1.21. The summed E-state index contributed by atoms with van der Waals surface area (Å²) in [7, 11) is 0. The maximum Gasteiger partial charge on any atom is 0.407 e. The highest BCUT2D eigenvalue weighted by Gasteiger charge is 2.70. The third-order valence-corrected chi connectivity index (χ3v) is 6.80. The maximum absolute atomic E-state index is 12.3. The lowest BCUT2D eigenvalue weighted by Gasteiger charge is -2.42. The van der Waals surface area contributed by atoms with E-state index in [1.807, 2.05) is 24.3 Å². The number of fused-ring (bicyclic) bond motifs is 4. The molecule has 4 aliphatic rings.